The third-order valence-electron chi connectivity index (χ3n) is 19.6. The van der Waals surface area contributed by atoms with Crippen molar-refractivity contribution >= 4 is 85.9 Å². The van der Waals surface area contributed by atoms with E-state index in [0.717, 1.165) is 64.9 Å². The zero-order valence-corrected chi connectivity index (χ0v) is 56.7. The van der Waals surface area contributed by atoms with Crippen molar-refractivity contribution in [3.63, 3.8) is 0 Å². The van der Waals surface area contributed by atoms with Crippen LogP contribution in [0.1, 0.15) is 114 Å². The molecular weight excluding hydrogens is 1320 g/mol. The van der Waals surface area contributed by atoms with Gasteiger partial charge in [0.2, 0.25) is 24.0 Å². The fourth-order valence-corrected chi connectivity index (χ4v) is 17.8. The minimum absolute atomic E-state index is 0.00791. The molecular formula is C69H78N10O18S2. The number of aromatic carboxylic acids is 1. The number of para-hydroxylation sites is 1. The summed E-state index contributed by atoms with van der Waals surface area (Å²) in [6, 6.07) is 21.0. The molecule has 3 aromatic carbocycles. The quantitative estimate of drug-likeness (QED) is 0.0217. The van der Waals surface area contributed by atoms with E-state index in [1.54, 1.807) is 36.7 Å². The molecule has 6 heterocycles. The van der Waals surface area contributed by atoms with E-state index in [1.165, 1.54) is 41.3 Å². The van der Waals surface area contributed by atoms with E-state index in [2.05, 4.69) is 40.9 Å². The first-order valence-electron chi connectivity index (χ1n) is 32.7. The highest BCUT2D eigenvalue weighted by Gasteiger charge is 2.66. The molecule has 4 aliphatic carbocycles. The van der Waals surface area contributed by atoms with Crippen LogP contribution in [0.15, 0.2) is 72.9 Å². The molecule has 28 nitrogen and oxygen atoms in total. The molecule has 6 aromatic rings. The number of ether oxygens (including phenoxy) is 6. The average molecular weight is 1400 g/mol. The Morgan fingerprint density at radius 1 is 0.859 bits per heavy atom. The molecule has 99 heavy (non-hydrogen) atoms. The Bertz CT molecular complexity index is 4130. The van der Waals surface area contributed by atoms with Gasteiger partial charge in [0.25, 0.3) is 5.91 Å². The number of fused-ring (bicyclic) bond motifs is 2. The van der Waals surface area contributed by atoms with E-state index in [0.29, 0.717) is 63.8 Å². The van der Waals surface area contributed by atoms with Gasteiger partial charge in [-0.3, -0.25) is 34.1 Å². The van der Waals surface area contributed by atoms with Gasteiger partial charge in [-0.25, -0.2) is 24.4 Å². The highest BCUT2D eigenvalue weighted by atomic mass is 32.2. The van der Waals surface area contributed by atoms with Crippen LogP contribution in [0.3, 0.4) is 0 Å². The van der Waals surface area contributed by atoms with Crippen LogP contribution in [-0.4, -0.2) is 192 Å². The molecule has 30 heteroatoms. The van der Waals surface area contributed by atoms with E-state index in [-0.39, 0.29) is 129 Å². The molecule has 13 rings (SSSR count). The summed E-state index contributed by atoms with van der Waals surface area (Å²) in [5.74, 6) is -3.64. The van der Waals surface area contributed by atoms with Crippen LogP contribution in [0.2, 0.25) is 0 Å². The molecule has 0 spiro atoms. The van der Waals surface area contributed by atoms with Crippen LogP contribution >= 0.6 is 23.1 Å². The maximum atomic E-state index is 13.9. The Morgan fingerprint density at radius 2 is 1.64 bits per heavy atom. The minimum Gasteiger partial charge on any atom is -0.491 e. The number of hydrogen-bond acceptors (Lipinski definition) is 23. The molecule has 4 saturated carbocycles. The first kappa shape index (κ1) is 70.1. The molecule has 8 atom stereocenters. The van der Waals surface area contributed by atoms with E-state index in [9.17, 15) is 64.4 Å². The second-order valence-electron chi connectivity index (χ2n) is 27.2. The minimum atomic E-state index is -1.94. The second kappa shape index (κ2) is 28.8. The van der Waals surface area contributed by atoms with E-state index < -0.39 is 59.6 Å². The number of carbonyl (C=O) groups excluding carboxylic acids is 5. The molecule has 0 radical (unpaired) electrons. The number of carbonyl (C=O) groups is 7. The van der Waals surface area contributed by atoms with Gasteiger partial charge in [0.15, 0.2) is 16.9 Å². The third-order valence-corrected chi connectivity index (χ3v) is 21.5. The highest BCUT2D eigenvalue weighted by Crippen LogP contribution is 2.72. The van der Waals surface area contributed by atoms with Crippen molar-refractivity contribution in [2.45, 2.75) is 140 Å². The molecule has 2 saturated heterocycles. The first-order chi connectivity index (χ1) is 47.4. The predicted molar refractivity (Wildman–Crippen MR) is 358 cm³/mol. The monoisotopic (exact) mass is 1400 g/mol. The number of carboxylic acids is 2. The van der Waals surface area contributed by atoms with Crippen LogP contribution in [0.25, 0.3) is 21.3 Å². The van der Waals surface area contributed by atoms with Crippen LogP contribution in [0.4, 0.5) is 15.7 Å². The van der Waals surface area contributed by atoms with Crippen LogP contribution in [-0.2, 0) is 64.2 Å². The zero-order valence-electron chi connectivity index (χ0n) is 55.0. The average Bonchev–Trinajstić information content (AvgIpc) is 1.11. The predicted octanol–water partition coefficient (Wildman–Crippen LogP) is 5.97. The second-order valence-corrected chi connectivity index (χ2v) is 29.3. The number of alkyl carbamates (subject to hydrolysis) is 1. The molecule has 5 amide bonds. The summed E-state index contributed by atoms with van der Waals surface area (Å²) in [5, 5.41) is 75.0. The van der Waals surface area contributed by atoms with Gasteiger partial charge in [0.1, 0.15) is 48.8 Å². The van der Waals surface area contributed by atoms with Crippen molar-refractivity contribution in [2.75, 3.05) is 69.1 Å². The number of nitrogens with zero attached hydrogens (tertiary/aromatic N) is 7. The topological polar surface area (TPSA) is 386 Å². The summed E-state index contributed by atoms with van der Waals surface area (Å²) >= 11 is 2.65. The fourth-order valence-electron chi connectivity index (χ4n) is 16.3. The van der Waals surface area contributed by atoms with Crippen molar-refractivity contribution < 1.29 is 87.5 Å². The number of benzene rings is 3. The third kappa shape index (κ3) is 15.1. The number of carboxylic acid groups (broad SMARTS) is 2. The van der Waals surface area contributed by atoms with Gasteiger partial charge in [-0.1, -0.05) is 37.3 Å². The van der Waals surface area contributed by atoms with Gasteiger partial charge >= 0.3 is 18.0 Å². The fraction of sp³-hybridized carbons (Fsp3) is 0.493. The molecule has 4 bridgehead atoms. The summed E-state index contributed by atoms with van der Waals surface area (Å²) in [7, 11) is 0. The van der Waals surface area contributed by atoms with Crippen molar-refractivity contribution in [3.05, 3.63) is 112 Å². The molecule has 8 N–H and O–H groups in total. The standard InChI is InChI=1S/C69H78N10O18S2/c1-38-45(43-13-14-51(75-54(43)61(87)88)77-19-15-42-39(27-70)10-12-44(46(42)29-77)59(85)76-64-74-47-7-5-6-8-49(47)99-64)28-73-79(38)37-68-32-66(2)31-67(3,33-68)35-69(34-66,36-68)95-22-18-72-65(91)94-30-40-9-11-41(96-63-57(84)55(82)56(83)58(97-63)62(89)90)25-48(40)93-24-23-92-21-17-71-52(80)16-20-78-53(81)26-50(98-4)60(78)86/h5-14,25,28,50,55-58,63,82-84H,15-24,26,29-37H2,1-4H3,(H,71,80)(H,72,91)(H,87,88)(H,89,90)(H,74,76,85)/t50?,55-,56-,57+,58-,63+,66?,67?,68?,69?/m0/s1. The number of thiazole rings is 1. The van der Waals surface area contributed by atoms with Crippen LogP contribution in [0, 0.1) is 34.5 Å². The Balaban J connectivity index is 0.659. The van der Waals surface area contributed by atoms with Gasteiger partial charge in [-0.05, 0) is 134 Å². The molecule has 3 aliphatic heterocycles. The van der Waals surface area contributed by atoms with Crippen LogP contribution in [0.5, 0.6) is 11.5 Å². The summed E-state index contributed by atoms with van der Waals surface area (Å²) in [4.78, 5) is 102. The van der Waals surface area contributed by atoms with Crippen molar-refractivity contribution in [3.8, 4) is 28.7 Å². The lowest BCUT2D eigenvalue weighted by molar-refractivity contribution is -0.271. The Labute approximate surface area is 577 Å². The van der Waals surface area contributed by atoms with Crippen molar-refractivity contribution in [2.24, 2.45) is 16.2 Å². The number of thioether (sulfide) groups is 1. The number of aliphatic hydroxyl groups is 3. The Hall–Kier alpha value is -8.80. The number of imide groups is 1. The lowest BCUT2D eigenvalue weighted by Crippen LogP contribution is -2.64. The highest BCUT2D eigenvalue weighted by molar-refractivity contribution is 8.00. The number of nitrogens with one attached hydrogen (secondary N) is 3. The van der Waals surface area contributed by atoms with Gasteiger partial charge in [0, 0.05) is 86.1 Å². The van der Waals surface area contributed by atoms with E-state index in [1.807, 2.05) is 40.8 Å². The summed E-state index contributed by atoms with van der Waals surface area (Å²) in [5.41, 5.74) is 4.23. The SMILES string of the molecule is CSC1CC(=O)N(CCC(=O)NCCOCCOc2cc(O[C@@H]3O[C@H](C(=O)O)[C@@H](O)[C@H](O)[C@H]3O)ccc2COC(=O)NCCOC23CC4(C)CC(C)(CC(Cn5ncc(-c6ccc(N7CCc8c(C#N)ccc(C(=O)Nc9nc%10ccccc%10s9)c8C7)nc6C(=O)O)c5C)(C4)C2)C3)C1=O. The zero-order chi connectivity index (χ0) is 70.1. The number of likely N-dealkylation sites (tertiary alicyclic amines) is 1. The lowest BCUT2D eigenvalue weighted by atomic mass is 9.39. The Kier molecular flexibility index (Phi) is 20.4. The number of aliphatic hydroxyl groups excluding tert-OH is 3. The number of hydrogen-bond donors (Lipinski definition) is 8. The number of pyridine rings is 1. The van der Waals surface area contributed by atoms with E-state index in [4.69, 9.17) is 38.5 Å². The Morgan fingerprint density at radius 3 is 2.37 bits per heavy atom. The largest absolute Gasteiger partial charge is 0.491 e. The van der Waals surface area contributed by atoms with Crippen LogP contribution < -0.4 is 30.3 Å². The van der Waals surface area contributed by atoms with Gasteiger partial charge < -0.3 is 69.5 Å². The maximum absolute atomic E-state index is 13.9. The lowest BCUT2D eigenvalue weighted by Gasteiger charge is -2.69. The number of amides is 5. The number of rotatable bonds is 27. The number of aromatic nitrogens is 4. The number of nitriles is 1. The molecule has 3 unspecified atom stereocenters. The number of anilines is 2. The van der Waals surface area contributed by atoms with Crippen molar-refractivity contribution in [1.82, 2.24) is 35.3 Å². The smallest absolute Gasteiger partial charge is 0.407 e. The van der Waals surface area contributed by atoms with Crippen molar-refractivity contribution in [1.29, 1.82) is 5.26 Å². The molecule has 6 fully saturated rings. The summed E-state index contributed by atoms with van der Waals surface area (Å²) in [6.45, 7) is 7.91. The van der Waals surface area contributed by atoms with Gasteiger partial charge in [-0.2, -0.15) is 22.1 Å². The molecule has 3 aromatic heterocycles. The molecule has 524 valence electrons. The maximum Gasteiger partial charge on any atom is 0.407 e. The van der Waals surface area contributed by atoms with Gasteiger partial charge in [-0.15, -0.1) is 0 Å². The first-order valence-corrected chi connectivity index (χ1v) is 34.8. The summed E-state index contributed by atoms with van der Waals surface area (Å²) < 4.78 is 38.2. The van der Waals surface area contributed by atoms with Gasteiger partial charge in [0.05, 0.1) is 58.7 Å². The molecule has 7 aliphatic rings. The number of aliphatic carboxylic acids is 1. The summed E-state index contributed by atoms with van der Waals surface area (Å²) in [6.07, 6.45) is -0.893. The normalized spacial score (nSPS) is 26.0. The van der Waals surface area contributed by atoms with E-state index >= 15 is 0 Å².